The molecule has 4 heterocycles. The maximum atomic E-state index is 12.7. The highest BCUT2D eigenvalue weighted by molar-refractivity contribution is 8.04. The van der Waals surface area contributed by atoms with Gasteiger partial charge in [0, 0.05) is 19.1 Å². The van der Waals surface area contributed by atoms with Gasteiger partial charge in [-0.25, -0.2) is 4.98 Å². The van der Waals surface area contributed by atoms with Crippen LogP contribution in [0.15, 0.2) is 64.7 Å². The van der Waals surface area contributed by atoms with Crippen LogP contribution >= 0.6 is 36.6 Å². The van der Waals surface area contributed by atoms with Crippen LogP contribution in [0.25, 0.3) is 11.7 Å². The van der Waals surface area contributed by atoms with Gasteiger partial charge in [-0.05, 0) is 56.0 Å². The van der Waals surface area contributed by atoms with Crippen LogP contribution in [0, 0.1) is 0 Å². The van der Waals surface area contributed by atoms with Gasteiger partial charge in [0.05, 0.1) is 28.4 Å². The van der Waals surface area contributed by atoms with Crippen molar-refractivity contribution < 1.29 is 9.59 Å². The molecule has 7 nitrogen and oxygen atoms in total. The summed E-state index contributed by atoms with van der Waals surface area (Å²) in [5.74, 6) is -0.373. The molecule has 10 heteroatoms. The molecule has 1 saturated heterocycles. The number of rotatable bonds is 8. The summed E-state index contributed by atoms with van der Waals surface area (Å²) in [4.78, 5) is 32.5. The van der Waals surface area contributed by atoms with Crippen molar-refractivity contribution in [2.24, 2.45) is 0 Å². The topological polar surface area (TPSA) is 78.7 Å². The number of carbonyl (C=O) groups excluding carboxylic acids is 2. The Morgan fingerprint density at radius 1 is 1.03 bits per heavy atom. The Morgan fingerprint density at radius 2 is 1.81 bits per heavy atom. The number of nitrogens with one attached hydrogen (secondary N) is 2. The maximum absolute atomic E-state index is 12.7. The lowest BCUT2D eigenvalue weighted by atomic mass is 10.0. The molecule has 0 saturated carbocycles. The van der Waals surface area contributed by atoms with E-state index in [-0.39, 0.29) is 49.2 Å². The van der Waals surface area contributed by atoms with E-state index in [4.69, 9.17) is 0 Å². The molecule has 0 spiro atoms. The van der Waals surface area contributed by atoms with E-state index in [0.717, 1.165) is 61.7 Å². The quantitative estimate of drug-likeness (QED) is 0.446. The van der Waals surface area contributed by atoms with E-state index in [1.165, 1.54) is 17.3 Å². The van der Waals surface area contributed by atoms with E-state index in [9.17, 15) is 9.59 Å². The van der Waals surface area contributed by atoms with Crippen LogP contribution in [0.2, 0.25) is 0 Å². The number of aryl methyl sites for hydroxylation is 1. The first-order chi connectivity index (χ1) is 16.7. The number of aromatic nitrogens is 2. The second-order valence-electron chi connectivity index (χ2n) is 8.81. The lowest BCUT2D eigenvalue weighted by Crippen LogP contribution is -2.47. The van der Waals surface area contributed by atoms with Crippen molar-refractivity contribution >= 4 is 60.1 Å². The Morgan fingerprint density at radius 3 is 2.58 bits per heavy atom. The number of imidazole rings is 1. The van der Waals surface area contributed by atoms with Gasteiger partial charge in [0.15, 0.2) is 0 Å². The molecule has 0 atom stereocenters. The summed E-state index contributed by atoms with van der Waals surface area (Å²) >= 11 is 1.39. The molecule has 2 amide bonds. The predicted molar refractivity (Wildman–Crippen MR) is 149 cm³/mol. The number of hydrogen-bond acceptors (Lipinski definition) is 5. The molecule has 3 aromatic rings. The molecule has 5 rings (SSSR count). The summed E-state index contributed by atoms with van der Waals surface area (Å²) in [6.07, 6.45) is 7.71. The molecule has 36 heavy (non-hydrogen) atoms. The SMILES string of the molecule is Cl.Cl.O=C(CNC(=O)C1=Cc2cnc3cccc(n23)S1)NC1CCN(CCCc2ccccc2)CC1. The van der Waals surface area contributed by atoms with Gasteiger partial charge in [0.2, 0.25) is 5.91 Å². The van der Waals surface area contributed by atoms with Gasteiger partial charge in [0.25, 0.3) is 5.91 Å². The Kier molecular flexibility index (Phi) is 10.2. The zero-order chi connectivity index (χ0) is 23.3. The number of carbonyl (C=O) groups is 2. The smallest absolute Gasteiger partial charge is 0.258 e. The van der Waals surface area contributed by atoms with Gasteiger partial charge in [-0.2, -0.15) is 0 Å². The fourth-order valence-electron chi connectivity index (χ4n) is 4.58. The zero-order valence-corrected chi connectivity index (χ0v) is 22.3. The standard InChI is InChI=1S/C26H29N5O2S.2ClH/c32-24(29-20-11-14-30(15-12-20)13-5-8-19-6-2-1-3-7-19)18-28-26(33)22-16-21-17-27-23-9-4-10-25(34-22)31(21)23;;/h1-4,6-7,9-10,16-17,20H,5,8,11-15,18H2,(H,28,33)(H,29,32);2*1H. The molecule has 0 unspecified atom stereocenters. The highest BCUT2D eigenvalue weighted by atomic mass is 35.5. The highest BCUT2D eigenvalue weighted by Gasteiger charge is 2.22. The van der Waals surface area contributed by atoms with Gasteiger partial charge < -0.3 is 15.5 Å². The van der Waals surface area contributed by atoms with Crippen molar-refractivity contribution in [2.45, 2.75) is 36.8 Å². The summed E-state index contributed by atoms with van der Waals surface area (Å²) in [7, 11) is 0. The molecule has 192 valence electrons. The van der Waals surface area contributed by atoms with Crippen molar-refractivity contribution in [3.8, 4) is 0 Å². The Bertz CT molecular complexity index is 1210. The van der Waals surface area contributed by atoms with E-state index in [1.54, 1.807) is 6.20 Å². The zero-order valence-electron chi connectivity index (χ0n) is 19.9. The number of thioether (sulfide) groups is 1. The maximum Gasteiger partial charge on any atom is 0.258 e. The summed E-state index contributed by atoms with van der Waals surface area (Å²) in [5.41, 5.74) is 3.11. The Balaban J connectivity index is 0.00000180. The van der Waals surface area contributed by atoms with Crippen LogP contribution in [0.1, 0.15) is 30.5 Å². The number of likely N-dealkylation sites (tertiary alicyclic amines) is 1. The molecule has 1 aromatic carbocycles. The minimum Gasteiger partial charge on any atom is -0.352 e. The van der Waals surface area contributed by atoms with Gasteiger partial charge in [0.1, 0.15) is 5.65 Å². The normalized spacial score (nSPS) is 15.4. The van der Waals surface area contributed by atoms with E-state index >= 15 is 0 Å². The van der Waals surface area contributed by atoms with Crippen molar-refractivity contribution in [1.29, 1.82) is 0 Å². The lowest BCUT2D eigenvalue weighted by Gasteiger charge is -2.32. The second-order valence-corrected chi connectivity index (χ2v) is 9.87. The first-order valence-corrected chi connectivity index (χ1v) is 12.7. The van der Waals surface area contributed by atoms with Crippen LogP contribution in [-0.2, 0) is 16.0 Å². The Labute approximate surface area is 227 Å². The fraction of sp³-hybridized carbons (Fsp3) is 0.346. The van der Waals surface area contributed by atoms with Crippen molar-refractivity contribution in [3.63, 3.8) is 0 Å². The summed E-state index contributed by atoms with van der Waals surface area (Å²) in [6, 6.07) is 16.6. The van der Waals surface area contributed by atoms with Crippen molar-refractivity contribution in [3.05, 3.63) is 70.9 Å². The fourth-order valence-corrected chi connectivity index (χ4v) is 5.58. The lowest BCUT2D eigenvalue weighted by molar-refractivity contribution is -0.124. The number of benzene rings is 1. The summed E-state index contributed by atoms with van der Waals surface area (Å²) in [6.45, 7) is 3.06. The first-order valence-electron chi connectivity index (χ1n) is 11.9. The monoisotopic (exact) mass is 547 g/mol. The molecule has 2 N–H and O–H groups in total. The van der Waals surface area contributed by atoms with Crippen LogP contribution in [-0.4, -0.2) is 58.3 Å². The van der Waals surface area contributed by atoms with E-state index in [0.29, 0.717) is 4.91 Å². The number of nitrogens with zero attached hydrogens (tertiary/aromatic N) is 3. The molecule has 1 fully saturated rings. The summed E-state index contributed by atoms with van der Waals surface area (Å²) in [5, 5.41) is 6.80. The van der Waals surface area contributed by atoms with Crippen LogP contribution in [0.4, 0.5) is 0 Å². The second kappa shape index (κ2) is 13.1. The average Bonchev–Trinajstić information content (AvgIpc) is 3.29. The predicted octanol–water partition coefficient (Wildman–Crippen LogP) is 3.95. The van der Waals surface area contributed by atoms with Gasteiger partial charge in [-0.3, -0.25) is 14.0 Å². The van der Waals surface area contributed by atoms with Gasteiger partial charge >= 0.3 is 0 Å². The molecule has 2 aliphatic rings. The highest BCUT2D eigenvalue weighted by Crippen LogP contribution is 2.34. The van der Waals surface area contributed by atoms with Gasteiger partial charge in [-0.1, -0.05) is 48.2 Å². The van der Waals surface area contributed by atoms with Gasteiger partial charge in [-0.15, -0.1) is 24.8 Å². The molecule has 0 bridgehead atoms. The number of piperidine rings is 1. The molecule has 2 aromatic heterocycles. The Hall–Kier alpha value is -2.52. The molecular formula is C26H31Cl2N5O2S. The first kappa shape index (κ1) is 28.1. The number of hydrogen-bond donors (Lipinski definition) is 2. The molecule has 0 aliphatic carbocycles. The third kappa shape index (κ3) is 6.82. The van der Waals surface area contributed by atoms with Crippen LogP contribution < -0.4 is 10.6 Å². The molecule has 2 aliphatic heterocycles. The number of halogens is 2. The third-order valence-corrected chi connectivity index (χ3v) is 7.43. The number of pyridine rings is 1. The third-order valence-electron chi connectivity index (χ3n) is 6.38. The minimum atomic E-state index is -0.238. The summed E-state index contributed by atoms with van der Waals surface area (Å²) < 4.78 is 2.02. The van der Waals surface area contributed by atoms with Crippen molar-refractivity contribution in [1.82, 2.24) is 24.9 Å². The number of amides is 2. The van der Waals surface area contributed by atoms with Crippen molar-refractivity contribution in [2.75, 3.05) is 26.2 Å². The largest absolute Gasteiger partial charge is 0.352 e. The average molecular weight is 549 g/mol. The molecule has 0 radical (unpaired) electrons. The minimum absolute atomic E-state index is 0. The molecular weight excluding hydrogens is 517 g/mol. The van der Waals surface area contributed by atoms with E-state index in [1.807, 2.05) is 28.7 Å². The van der Waals surface area contributed by atoms with E-state index in [2.05, 4.69) is 50.8 Å². The van der Waals surface area contributed by atoms with E-state index < -0.39 is 0 Å². The van der Waals surface area contributed by atoms with Crippen LogP contribution in [0.3, 0.4) is 0 Å². The van der Waals surface area contributed by atoms with Crippen LogP contribution in [0.5, 0.6) is 0 Å².